The molecule has 2 aromatic carbocycles. The number of hydrogen-bond donors (Lipinski definition) is 2. The lowest BCUT2D eigenvalue weighted by atomic mass is 10.0. The van der Waals surface area contributed by atoms with E-state index in [9.17, 15) is 0 Å². The second-order valence-electron chi connectivity index (χ2n) is 4.60. The minimum absolute atomic E-state index is 0.347. The molecular formula is C16H18N4. The molecule has 4 heteroatoms. The molecule has 0 bridgehead atoms. The Labute approximate surface area is 118 Å². The van der Waals surface area contributed by atoms with Crippen molar-refractivity contribution in [2.45, 2.75) is 13.8 Å². The van der Waals surface area contributed by atoms with E-state index in [1.807, 2.05) is 62.4 Å². The number of hydrogen-bond acceptors (Lipinski definition) is 2. The number of aryl methyl sites for hydroxylation is 2. The van der Waals surface area contributed by atoms with Gasteiger partial charge in [0.1, 0.15) is 0 Å². The third-order valence-corrected chi connectivity index (χ3v) is 3.07. The Hall–Kier alpha value is -2.62. The first-order valence-electron chi connectivity index (χ1n) is 6.38. The van der Waals surface area contributed by atoms with Gasteiger partial charge in [-0.15, -0.1) is 10.2 Å². The van der Waals surface area contributed by atoms with Crippen LogP contribution in [0.3, 0.4) is 0 Å². The SMILES string of the molecule is Cc1cccc(C)c1/C(N)=N/N=C(\N)c1ccccc1. The van der Waals surface area contributed by atoms with E-state index in [1.165, 1.54) is 0 Å². The average Bonchev–Trinajstić information content (AvgIpc) is 2.45. The maximum absolute atomic E-state index is 6.01. The van der Waals surface area contributed by atoms with Gasteiger partial charge in [-0.3, -0.25) is 0 Å². The summed E-state index contributed by atoms with van der Waals surface area (Å²) in [6.45, 7) is 3.99. The van der Waals surface area contributed by atoms with Gasteiger partial charge in [0.05, 0.1) is 0 Å². The van der Waals surface area contributed by atoms with Crippen LogP contribution in [0.4, 0.5) is 0 Å². The van der Waals surface area contributed by atoms with Gasteiger partial charge in [0, 0.05) is 11.1 Å². The van der Waals surface area contributed by atoms with Crippen LogP contribution in [0.25, 0.3) is 0 Å². The molecule has 20 heavy (non-hydrogen) atoms. The highest BCUT2D eigenvalue weighted by Crippen LogP contribution is 2.12. The van der Waals surface area contributed by atoms with Crippen LogP contribution in [-0.4, -0.2) is 11.7 Å². The first-order chi connectivity index (χ1) is 9.59. The fraction of sp³-hybridized carbons (Fsp3) is 0.125. The van der Waals surface area contributed by atoms with E-state index >= 15 is 0 Å². The fourth-order valence-corrected chi connectivity index (χ4v) is 2.04. The molecule has 0 aliphatic carbocycles. The molecule has 0 radical (unpaired) electrons. The van der Waals surface area contributed by atoms with Gasteiger partial charge in [-0.25, -0.2) is 0 Å². The van der Waals surface area contributed by atoms with E-state index in [0.29, 0.717) is 11.7 Å². The molecule has 102 valence electrons. The Bertz CT molecular complexity index is 637. The third kappa shape index (κ3) is 3.03. The van der Waals surface area contributed by atoms with E-state index in [4.69, 9.17) is 11.5 Å². The maximum Gasteiger partial charge on any atom is 0.153 e. The highest BCUT2D eigenvalue weighted by molar-refractivity contribution is 6.02. The van der Waals surface area contributed by atoms with Crippen molar-refractivity contribution in [3.63, 3.8) is 0 Å². The second-order valence-corrected chi connectivity index (χ2v) is 4.60. The highest BCUT2D eigenvalue weighted by atomic mass is 15.3. The first kappa shape index (κ1) is 13.8. The summed E-state index contributed by atoms with van der Waals surface area (Å²) in [4.78, 5) is 0. The van der Waals surface area contributed by atoms with Crippen molar-refractivity contribution in [1.82, 2.24) is 0 Å². The van der Waals surface area contributed by atoms with Gasteiger partial charge in [0.25, 0.3) is 0 Å². The van der Waals surface area contributed by atoms with Gasteiger partial charge in [-0.1, -0.05) is 48.5 Å². The van der Waals surface area contributed by atoms with Crippen molar-refractivity contribution < 1.29 is 0 Å². The standard InChI is InChI=1S/C16H18N4/c1-11-7-6-8-12(2)14(11)16(18)20-19-15(17)13-9-4-3-5-10-13/h3-10H,1-2H3,(H2,17,19)(H2,18,20). The Kier molecular flexibility index (Phi) is 4.15. The van der Waals surface area contributed by atoms with Gasteiger partial charge < -0.3 is 11.5 Å². The van der Waals surface area contributed by atoms with Crippen LogP contribution in [0.5, 0.6) is 0 Å². The predicted molar refractivity (Wildman–Crippen MR) is 83.8 cm³/mol. The maximum atomic E-state index is 6.01. The lowest BCUT2D eigenvalue weighted by Crippen LogP contribution is -2.18. The number of amidine groups is 2. The molecule has 0 heterocycles. The zero-order valence-electron chi connectivity index (χ0n) is 11.7. The minimum atomic E-state index is 0.347. The van der Waals surface area contributed by atoms with Gasteiger partial charge >= 0.3 is 0 Å². The van der Waals surface area contributed by atoms with Crippen molar-refractivity contribution >= 4 is 11.7 Å². The summed E-state index contributed by atoms with van der Waals surface area (Å²) in [6.07, 6.45) is 0. The molecule has 0 amide bonds. The fourth-order valence-electron chi connectivity index (χ4n) is 2.04. The van der Waals surface area contributed by atoms with E-state index in [0.717, 1.165) is 22.3 Å². The summed E-state index contributed by atoms with van der Waals surface area (Å²) in [7, 11) is 0. The van der Waals surface area contributed by atoms with Gasteiger partial charge in [-0.05, 0) is 25.0 Å². The molecule has 0 fully saturated rings. The molecule has 0 saturated heterocycles. The first-order valence-corrected chi connectivity index (χ1v) is 6.38. The Balaban J connectivity index is 2.32. The molecular weight excluding hydrogens is 248 g/mol. The average molecular weight is 266 g/mol. The molecule has 4 nitrogen and oxygen atoms in total. The van der Waals surface area contributed by atoms with E-state index < -0.39 is 0 Å². The smallest absolute Gasteiger partial charge is 0.153 e. The number of nitrogens with zero attached hydrogens (tertiary/aromatic N) is 2. The molecule has 2 rings (SSSR count). The zero-order chi connectivity index (χ0) is 14.5. The van der Waals surface area contributed by atoms with Gasteiger partial charge in [-0.2, -0.15) is 0 Å². The summed E-state index contributed by atoms with van der Waals surface area (Å²) in [5, 5.41) is 8.06. The topological polar surface area (TPSA) is 76.8 Å². The van der Waals surface area contributed by atoms with Crippen LogP contribution < -0.4 is 11.5 Å². The van der Waals surface area contributed by atoms with Crippen LogP contribution in [0.2, 0.25) is 0 Å². The largest absolute Gasteiger partial charge is 0.382 e. The predicted octanol–water partition coefficient (Wildman–Crippen LogP) is 2.33. The van der Waals surface area contributed by atoms with Crippen molar-refractivity contribution in [1.29, 1.82) is 0 Å². The zero-order valence-corrected chi connectivity index (χ0v) is 11.7. The molecule has 0 unspecified atom stereocenters. The normalized spacial score (nSPS) is 12.5. The van der Waals surface area contributed by atoms with Crippen LogP contribution >= 0.6 is 0 Å². The van der Waals surface area contributed by atoms with E-state index in [-0.39, 0.29) is 0 Å². The molecule has 0 saturated carbocycles. The van der Waals surface area contributed by atoms with Gasteiger partial charge in [0.15, 0.2) is 11.7 Å². The Morgan fingerprint density at radius 2 is 1.30 bits per heavy atom. The summed E-state index contributed by atoms with van der Waals surface area (Å²) in [5.41, 5.74) is 15.8. The number of benzene rings is 2. The van der Waals surface area contributed by atoms with Crippen molar-refractivity contribution in [3.05, 3.63) is 70.8 Å². The number of rotatable bonds is 3. The van der Waals surface area contributed by atoms with Crippen molar-refractivity contribution in [2.24, 2.45) is 21.7 Å². The van der Waals surface area contributed by atoms with Crippen LogP contribution in [0.1, 0.15) is 22.3 Å². The summed E-state index contributed by atoms with van der Waals surface area (Å²) < 4.78 is 0. The highest BCUT2D eigenvalue weighted by Gasteiger charge is 2.06. The van der Waals surface area contributed by atoms with Crippen LogP contribution in [0.15, 0.2) is 58.7 Å². The number of nitrogens with two attached hydrogens (primary N) is 2. The summed E-state index contributed by atoms with van der Waals surface area (Å²) in [5.74, 6) is 0.722. The van der Waals surface area contributed by atoms with Gasteiger partial charge in [0.2, 0.25) is 0 Å². The second kappa shape index (κ2) is 6.02. The lowest BCUT2D eigenvalue weighted by molar-refractivity contribution is 1.19. The molecule has 0 atom stereocenters. The van der Waals surface area contributed by atoms with Crippen LogP contribution in [0, 0.1) is 13.8 Å². The van der Waals surface area contributed by atoms with E-state index in [2.05, 4.69) is 10.2 Å². The Morgan fingerprint density at radius 3 is 1.90 bits per heavy atom. The molecule has 2 aromatic rings. The quantitative estimate of drug-likeness (QED) is 0.508. The van der Waals surface area contributed by atoms with Crippen molar-refractivity contribution in [3.8, 4) is 0 Å². The molecule has 0 aliphatic rings. The van der Waals surface area contributed by atoms with Crippen molar-refractivity contribution in [2.75, 3.05) is 0 Å². The lowest BCUT2D eigenvalue weighted by Gasteiger charge is -2.07. The molecule has 0 aliphatic heterocycles. The minimum Gasteiger partial charge on any atom is -0.382 e. The molecule has 0 spiro atoms. The monoisotopic (exact) mass is 266 g/mol. The van der Waals surface area contributed by atoms with E-state index in [1.54, 1.807) is 0 Å². The summed E-state index contributed by atoms with van der Waals surface area (Å²) in [6, 6.07) is 15.5. The third-order valence-electron chi connectivity index (χ3n) is 3.07. The van der Waals surface area contributed by atoms with Crippen LogP contribution in [-0.2, 0) is 0 Å². The molecule has 0 aromatic heterocycles. The molecule has 4 N–H and O–H groups in total. The summed E-state index contributed by atoms with van der Waals surface area (Å²) >= 11 is 0. The Morgan fingerprint density at radius 1 is 0.750 bits per heavy atom.